The number of nitrogens with zero attached hydrogens (tertiary/aromatic N) is 8. The van der Waals surface area contributed by atoms with Crippen molar-refractivity contribution in [1.82, 2.24) is 39.0 Å². The molecule has 1 unspecified atom stereocenters. The van der Waals surface area contributed by atoms with E-state index in [1.807, 2.05) is 60.7 Å². The van der Waals surface area contributed by atoms with E-state index in [9.17, 15) is 19.7 Å². The molecular formula is C35H37BN10O10P2S. The molecule has 306 valence electrons. The van der Waals surface area contributed by atoms with Gasteiger partial charge < -0.3 is 44.5 Å². The van der Waals surface area contributed by atoms with Crippen LogP contribution in [-0.2, 0) is 57.2 Å². The van der Waals surface area contributed by atoms with E-state index in [4.69, 9.17) is 47.4 Å². The highest BCUT2D eigenvalue weighted by atomic mass is 32.5. The number of benzene rings is 2. The Morgan fingerprint density at radius 3 is 1.88 bits per heavy atom. The third-order valence-electron chi connectivity index (χ3n) is 9.72. The van der Waals surface area contributed by atoms with Gasteiger partial charge in [-0.1, -0.05) is 60.7 Å². The van der Waals surface area contributed by atoms with Gasteiger partial charge in [0.1, 0.15) is 57.1 Å². The van der Waals surface area contributed by atoms with Crippen LogP contribution in [0.5, 0.6) is 0 Å². The summed E-state index contributed by atoms with van der Waals surface area (Å²) in [5, 5.41) is 29.3. The molecule has 2 radical (unpaired) electrons. The van der Waals surface area contributed by atoms with E-state index < -0.39 is 71.1 Å². The number of nitrogens with one attached hydrogen (secondary N) is 2. The maximum absolute atomic E-state index is 11.7. The standard InChI is InChI=1S/C35H37BN10O10P2S/c36-15-51-13-22-26(47)29(35(53-22)46-19-44-25-31(40-17-42-33(25)46)38-12-21-9-5-2-6-10-21)56-58(50,59)52-14-23-28(55-57-49)27(48)34(54-23)45-18-43-24-30(39-16-41-32(24)45)37-11-20-7-3-1-4-8-20/h1-10,16-19,22-23,26-29,34-35,47-48H,11-15H2,(H,50,59)(H,37,39,41)(H,38,40,42)/t22-,23-,26-,27-,28-,29-,34-,35-,58?/m1/s1. The van der Waals surface area contributed by atoms with Gasteiger partial charge >= 0.3 is 15.4 Å². The second kappa shape index (κ2) is 18.5. The monoisotopic (exact) mass is 862 g/mol. The van der Waals surface area contributed by atoms with E-state index in [1.165, 1.54) is 34.4 Å². The van der Waals surface area contributed by atoms with Crippen molar-refractivity contribution in [3.63, 3.8) is 0 Å². The van der Waals surface area contributed by atoms with Crippen molar-refractivity contribution in [3.05, 3.63) is 97.1 Å². The Morgan fingerprint density at radius 2 is 1.32 bits per heavy atom. The van der Waals surface area contributed by atoms with Crippen LogP contribution in [0.3, 0.4) is 0 Å². The summed E-state index contributed by atoms with van der Waals surface area (Å²) in [6.45, 7) is -4.06. The number of aliphatic hydroxyl groups excluding tert-OH is 2. The van der Waals surface area contributed by atoms with Crippen LogP contribution in [0, 0.1) is 0 Å². The van der Waals surface area contributed by atoms with E-state index in [0.717, 1.165) is 11.1 Å². The van der Waals surface area contributed by atoms with E-state index in [-0.39, 0.29) is 13.1 Å². The first kappa shape index (κ1) is 41.3. The van der Waals surface area contributed by atoms with Gasteiger partial charge in [-0.25, -0.2) is 34.5 Å². The van der Waals surface area contributed by atoms with Crippen LogP contribution in [-0.4, -0.2) is 118 Å². The van der Waals surface area contributed by atoms with Gasteiger partial charge in [0.2, 0.25) is 0 Å². The normalized spacial score (nSPS) is 25.5. The van der Waals surface area contributed by atoms with E-state index in [1.54, 1.807) is 0 Å². The summed E-state index contributed by atoms with van der Waals surface area (Å²) in [7, 11) is 4.80. The molecule has 24 heteroatoms. The number of hydrogen-bond acceptors (Lipinski definition) is 18. The third kappa shape index (κ3) is 9.04. The number of fused-ring (bicyclic) bond motifs is 2. The molecular weight excluding hydrogens is 825 g/mol. The second-order valence-electron chi connectivity index (χ2n) is 13.4. The number of anilines is 2. The van der Waals surface area contributed by atoms with E-state index in [2.05, 4.69) is 40.5 Å². The minimum atomic E-state index is -4.26. The highest BCUT2D eigenvalue weighted by Crippen LogP contribution is 2.51. The summed E-state index contributed by atoms with van der Waals surface area (Å²) >= 11 is 5.44. The summed E-state index contributed by atoms with van der Waals surface area (Å²) in [4.78, 5) is 37.9. The Hall–Kier alpha value is -4.41. The third-order valence-corrected chi connectivity index (χ3v) is 11.6. The fourth-order valence-corrected chi connectivity index (χ4v) is 8.66. The fourth-order valence-electron chi connectivity index (χ4n) is 6.89. The molecule has 2 aliphatic heterocycles. The smallest absolute Gasteiger partial charge is 0.327 e. The van der Waals surface area contributed by atoms with Crippen LogP contribution < -0.4 is 10.6 Å². The zero-order chi connectivity index (χ0) is 40.9. The molecule has 4 aromatic heterocycles. The van der Waals surface area contributed by atoms with Crippen molar-refractivity contribution in [3.8, 4) is 0 Å². The fraction of sp³-hybridized carbons (Fsp3) is 0.371. The lowest BCUT2D eigenvalue weighted by molar-refractivity contribution is -0.0615. The minimum absolute atomic E-state index is 0.115. The van der Waals surface area contributed by atoms with Gasteiger partial charge in [-0.2, -0.15) is 0 Å². The van der Waals surface area contributed by atoms with Crippen molar-refractivity contribution in [1.29, 1.82) is 0 Å². The summed E-state index contributed by atoms with van der Waals surface area (Å²) in [5.74, 6) is 0.910. The van der Waals surface area contributed by atoms with Gasteiger partial charge in [-0.3, -0.25) is 18.2 Å². The molecule has 8 rings (SSSR count). The summed E-state index contributed by atoms with van der Waals surface area (Å²) < 4.78 is 49.5. The molecule has 2 aromatic carbocycles. The first-order valence-electron chi connectivity index (χ1n) is 18.2. The van der Waals surface area contributed by atoms with Gasteiger partial charge in [-0.05, 0) is 22.9 Å². The van der Waals surface area contributed by atoms with Crippen molar-refractivity contribution in [2.24, 2.45) is 0 Å². The maximum Gasteiger partial charge on any atom is 0.327 e. The molecule has 6 aromatic rings. The van der Waals surface area contributed by atoms with Gasteiger partial charge in [-0.15, -0.1) is 0 Å². The highest BCUT2D eigenvalue weighted by molar-refractivity contribution is 8.07. The zero-order valence-corrected chi connectivity index (χ0v) is 33.5. The lowest BCUT2D eigenvalue weighted by atomic mass is 10.1. The van der Waals surface area contributed by atoms with Gasteiger partial charge in [0.25, 0.3) is 0 Å². The van der Waals surface area contributed by atoms with Crippen LogP contribution >= 0.6 is 15.4 Å². The Labute approximate surface area is 344 Å². The SMILES string of the molecule is [B]COC[C@H]1O[C@@H](n2cnc3c(NCc4ccccc4)ncnc32)[C@H](OP(O)(=S)OC[C@H]2O[C@@H](n3cnc4c(NCc5ccccc5)ncnc43)[C@H](O)[C@@H]2OP=O)[C@@H]1O. The van der Waals surface area contributed by atoms with Crippen molar-refractivity contribution in [2.45, 2.75) is 62.2 Å². The molecule has 0 bridgehead atoms. The lowest BCUT2D eigenvalue weighted by Crippen LogP contribution is -2.36. The average Bonchev–Trinajstić information content (AvgIpc) is 4.03. The Balaban J connectivity index is 0.980. The summed E-state index contributed by atoms with van der Waals surface area (Å²) in [5.41, 5.74) is 3.54. The van der Waals surface area contributed by atoms with Crippen LogP contribution in [0.25, 0.3) is 22.3 Å². The molecule has 5 N–H and O–H groups in total. The largest absolute Gasteiger partial charge is 0.388 e. The molecule has 0 saturated carbocycles. The topological polar surface area (TPSA) is 244 Å². The molecule has 9 atom stereocenters. The summed E-state index contributed by atoms with van der Waals surface area (Å²) in [6, 6.07) is 19.5. The number of aromatic nitrogens is 8. The molecule has 20 nitrogen and oxygen atoms in total. The highest BCUT2D eigenvalue weighted by Gasteiger charge is 2.50. The first-order chi connectivity index (χ1) is 28.7. The van der Waals surface area contributed by atoms with Crippen LogP contribution in [0.15, 0.2) is 86.0 Å². The Bertz CT molecular complexity index is 2410. The van der Waals surface area contributed by atoms with Crippen molar-refractivity contribution in [2.75, 3.05) is 30.4 Å². The number of rotatable bonds is 18. The van der Waals surface area contributed by atoms with E-state index in [0.29, 0.717) is 47.1 Å². The van der Waals surface area contributed by atoms with Crippen molar-refractivity contribution >= 4 is 69.0 Å². The second-order valence-corrected chi connectivity index (χ2v) is 16.5. The van der Waals surface area contributed by atoms with Crippen molar-refractivity contribution < 1.29 is 47.5 Å². The summed E-state index contributed by atoms with van der Waals surface area (Å²) in [6.07, 6.45) is -4.16. The molecule has 0 aliphatic carbocycles. The predicted molar refractivity (Wildman–Crippen MR) is 214 cm³/mol. The van der Waals surface area contributed by atoms with Crippen LogP contribution in [0.2, 0.25) is 0 Å². The molecule has 0 spiro atoms. The maximum atomic E-state index is 11.7. The van der Waals surface area contributed by atoms with Crippen LogP contribution in [0.1, 0.15) is 23.6 Å². The number of ether oxygens (including phenoxy) is 3. The quantitative estimate of drug-likeness (QED) is 0.0616. The molecule has 2 aliphatic rings. The number of hydrogen-bond donors (Lipinski definition) is 5. The number of aliphatic hydroxyl groups is 2. The average molecular weight is 863 g/mol. The molecule has 59 heavy (non-hydrogen) atoms. The molecule has 2 fully saturated rings. The predicted octanol–water partition coefficient (Wildman–Crippen LogP) is 2.76. The van der Waals surface area contributed by atoms with Crippen LogP contribution in [0.4, 0.5) is 11.6 Å². The van der Waals surface area contributed by atoms with E-state index >= 15 is 0 Å². The first-order valence-corrected chi connectivity index (χ1v) is 21.6. The Kier molecular flexibility index (Phi) is 12.9. The molecule has 0 amide bonds. The molecule has 6 heterocycles. The van der Waals surface area contributed by atoms with Gasteiger partial charge in [0, 0.05) is 19.6 Å². The number of imidazole rings is 2. The van der Waals surface area contributed by atoms with Gasteiger partial charge in [0.15, 0.2) is 46.4 Å². The molecule has 2 saturated heterocycles. The zero-order valence-electron chi connectivity index (χ0n) is 30.9. The van der Waals surface area contributed by atoms with Gasteiger partial charge in [0.05, 0.1) is 25.9 Å². The lowest BCUT2D eigenvalue weighted by Gasteiger charge is -2.27. The Morgan fingerprint density at radius 1 is 0.763 bits per heavy atom. The minimum Gasteiger partial charge on any atom is -0.388 e.